The minimum atomic E-state index is -1.17. The fourth-order valence-electron chi connectivity index (χ4n) is 4.94. The highest BCUT2D eigenvalue weighted by Crippen LogP contribution is 2.47. The van der Waals surface area contributed by atoms with Crippen LogP contribution < -0.4 is 18.9 Å². The van der Waals surface area contributed by atoms with E-state index < -0.39 is 64.4 Å². The van der Waals surface area contributed by atoms with Crippen molar-refractivity contribution < 1.29 is 61.5 Å². The Balaban J connectivity index is 1.46. The Morgan fingerprint density at radius 1 is 0.851 bits per heavy atom. The number of carboxylic acid groups (broad SMARTS) is 2. The van der Waals surface area contributed by atoms with E-state index in [-0.39, 0.29) is 88.2 Å². The first-order valence-electron chi connectivity index (χ1n) is 14.3. The van der Waals surface area contributed by atoms with Crippen molar-refractivity contribution in [3.05, 3.63) is 44.5 Å². The van der Waals surface area contributed by atoms with Crippen molar-refractivity contribution in [1.82, 2.24) is 4.90 Å². The number of fused-ring (bicyclic) bond motifs is 2. The van der Waals surface area contributed by atoms with Crippen LogP contribution in [0.5, 0.6) is 23.0 Å². The molecule has 2 heterocycles. The number of rotatable bonds is 15. The fraction of sp³-hybridized carbons (Fsp3) is 0.419. The highest BCUT2D eigenvalue weighted by Gasteiger charge is 2.35. The number of carbonyl (C=O) groups excluding carboxylic acids is 2. The van der Waals surface area contributed by atoms with E-state index in [1.54, 1.807) is 0 Å². The average Bonchev–Trinajstić information content (AvgIpc) is 3.68. The predicted octanol–water partition coefficient (Wildman–Crippen LogP) is 6.08. The van der Waals surface area contributed by atoms with Gasteiger partial charge in [-0.25, -0.2) is 13.2 Å². The van der Waals surface area contributed by atoms with Crippen LogP contribution in [0.1, 0.15) is 53.9 Å². The molecule has 0 fully saturated rings. The third-order valence-corrected chi connectivity index (χ3v) is 9.15. The van der Waals surface area contributed by atoms with Gasteiger partial charge >= 0.3 is 11.9 Å². The topological polar surface area (TPSA) is 149 Å². The molecule has 254 valence electrons. The number of nitrogens with zero attached hydrogens (tertiary/aromatic N) is 1. The lowest BCUT2D eigenvalue weighted by atomic mass is 10.0. The van der Waals surface area contributed by atoms with Crippen molar-refractivity contribution in [3.63, 3.8) is 0 Å². The van der Waals surface area contributed by atoms with Gasteiger partial charge in [0.1, 0.15) is 0 Å². The Morgan fingerprint density at radius 2 is 1.36 bits per heavy atom. The number of amides is 1. The lowest BCUT2D eigenvalue weighted by Crippen LogP contribution is -2.28. The minimum absolute atomic E-state index is 0.0201. The second kappa shape index (κ2) is 14.7. The average molecular weight is 702 g/mol. The molecule has 11 nitrogen and oxygen atoms in total. The molecule has 47 heavy (non-hydrogen) atoms. The van der Waals surface area contributed by atoms with E-state index in [0.29, 0.717) is 0 Å². The Hall–Kier alpha value is -4.24. The fourth-order valence-corrected chi connectivity index (χ4v) is 6.33. The molecule has 2 N–H and O–H groups in total. The van der Waals surface area contributed by atoms with E-state index in [2.05, 4.69) is 0 Å². The maximum atomic E-state index is 15.6. The first kappa shape index (κ1) is 35.6. The number of ketones is 1. The molecule has 0 spiro atoms. The third-order valence-electron chi connectivity index (χ3n) is 7.60. The summed E-state index contributed by atoms with van der Waals surface area (Å²) >= 11 is 7.33. The van der Waals surface area contributed by atoms with Gasteiger partial charge in [-0.05, 0) is 6.07 Å². The molecule has 1 aliphatic heterocycles. The predicted molar refractivity (Wildman–Crippen MR) is 163 cm³/mol. The smallest absolute Gasteiger partial charge is 0.306 e. The first-order valence-corrected chi connectivity index (χ1v) is 15.5. The van der Waals surface area contributed by atoms with Crippen LogP contribution in [0, 0.1) is 29.3 Å². The van der Waals surface area contributed by atoms with Crippen molar-refractivity contribution in [2.24, 2.45) is 11.8 Å². The van der Waals surface area contributed by atoms with Gasteiger partial charge in [-0.15, -0.1) is 11.3 Å². The summed E-state index contributed by atoms with van der Waals surface area (Å²) in [6.45, 7) is 1.83. The molecule has 16 heteroatoms. The second-order valence-electron chi connectivity index (χ2n) is 10.9. The molecule has 0 aliphatic carbocycles. The maximum Gasteiger partial charge on any atom is 0.306 e. The Labute approximate surface area is 275 Å². The van der Waals surface area contributed by atoms with Gasteiger partial charge in [-0.2, -0.15) is 0 Å². The van der Waals surface area contributed by atoms with Crippen LogP contribution in [-0.2, 0) is 27.5 Å². The molecule has 1 amide bonds. The number of halogens is 4. The summed E-state index contributed by atoms with van der Waals surface area (Å²) in [6.07, 6.45) is -0.557. The highest BCUT2D eigenvalue weighted by atomic mass is 35.5. The summed E-state index contributed by atoms with van der Waals surface area (Å²) in [7, 11) is 2.32. The Morgan fingerprint density at radius 3 is 1.91 bits per heavy atom. The van der Waals surface area contributed by atoms with E-state index in [1.807, 2.05) is 0 Å². The summed E-state index contributed by atoms with van der Waals surface area (Å²) < 4.78 is 67.8. The van der Waals surface area contributed by atoms with E-state index in [1.165, 1.54) is 27.0 Å². The summed E-state index contributed by atoms with van der Waals surface area (Å²) in [6, 6.07) is 1.36. The number of benzene rings is 2. The van der Waals surface area contributed by atoms with Gasteiger partial charge in [-0.3, -0.25) is 19.2 Å². The molecule has 3 aromatic rings. The number of hydrogen-bond acceptors (Lipinski definition) is 9. The van der Waals surface area contributed by atoms with E-state index in [0.717, 1.165) is 23.3 Å². The number of carboxylic acids is 2. The number of Topliss-reactive ketones (excluding diaryl/α,β-unsaturated/α-hetero) is 1. The quantitative estimate of drug-likeness (QED) is 0.141. The van der Waals surface area contributed by atoms with E-state index in [9.17, 15) is 19.2 Å². The highest BCUT2D eigenvalue weighted by molar-refractivity contribution is 7.21. The van der Waals surface area contributed by atoms with Crippen LogP contribution in [0.25, 0.3) is 10.1 Å². The molecule has 1 aliphatic rings. The van der Waals surface area contributed by atoms with Gasteiger partial charge in [0.2, 0.25) is 11.7 Å². The van der Waals surface area contributed by atoms with Crippen LogP contribution in [-0.4, -0.2) is 66.2 Å². The largest absolute Gasteiger partial charge is 0.490 e. The first-order chi connectivity index (χ1) is 22.2. The molecule has 0 radical (unpaired) electrons. The second-order valence-corrected chi connectivity index (χ2v) is 12.3. The van der Waals surface area contributed by atoms with Crippen molar-refractivity contribution >= 4 is 56.7 Å². The molecular weight excluding hydrogens is 671 g/mol. The summed E-state index contributed by atoms with van der Waals surface area (Å²) in [4.78, 5) is 48.7. The van der Waals surface area contributed by atoms with Gasteiger partial charge in [-0.1, -0.05) is 25.4 Å². The number of aliphatic carboxylic acids is 2. The van der Waals surface area contributed by atoms with E-state index >= 15 is 13.2 Å². The standard InChI is InChI=1S/C31H31ClF3NO10S/c1-13(30(39)40)8-18(37)19-10-15-21(32)25(27(44-4)24(35)29(15)47-19)45-6-5-7-46-28-23(34)17-12-36(20(38)9-14(2)31(41)42)11-16(17)22(33)26(28)43-3/h10,13-14H,5-9,11-12H2,1-4H3,(H,39,40)(H,41,42)/t13-,14-/m0/s1. The number of hydrogen-bond donors (Lipinski definition) is 2. The molecule has 0 unspecified atom stereocenters. The SMILES string of the molecule is COc1c(F)c2c(c(F)c1OCCCOc1c(OC)c(F)c3sc(C(=O)C[C@H](C)C(=O)O)cc3c1Cl)CN(C(=O)C[C@H](C)C(=O)O)C2. The van der Waals surface area contributed by atoms with Crippen LogP contribution in [0.15, 0.2) is 6.07 Å². The zero-order valence-electron chi connectivity index (χ0n) is 25.7. The normalized spacial score (nSPS) is 13.7. The summed E-state index contributed by atoms with van der Waals surface area (Å²) in [5, 5.41) is 18.3. The molecular formula is C31H31ClF3NO10S. The van der Waals surface area contributed by atoms with Crippen LogP contribution >= 0.6 is 22.9 Å². The molecule has 0 saturated heterocycles. The molecule has 2 aromatic carbocycles. The van der Waals surface area contributed by atoms with Gasteiger partial charge in [0.15, 0.2) is 40.5 Å². The molecule has 0 saturated carbocycles. The third kappa shape index (κ3) is 7.20. The maximum absolute atomic E-state index is 15.6. The lowest BCUT2D eigenvalue weighted by Gasteiger charge is -2.16. The number of methoxy groups -OCH3 is 2. The van der Waals surface area contributed by atoms with Crippen LogP contribution in [0.2, 0.25) is 5.02 Å². The zero-order valence-corrected chi connectivity index (χ0v) is 27.3. The van der Waals surface area contributed by atoms with Crippen molar-refractivity contribution in [2.45, 2.75) is 46.2 Å². The monoisotopic (exact) mass is 701 g/mol. The van der Waals surface area contributed by atoms with Crippen molar-refractivity contribution in [3.8, 4) is 23.0 Å². The molecule has 0 bridgehead atoms. The van der Waals surface area contributed by atoms with Crippen LogP contribution in [0.4, 0.5) is 13.2 Å². The number of ether oxygens (including phenoxy) is 4. The van der Waals surface area contributed by atoms with Gasteiger partial charge in [0.25, 0.3) is 0 Å². The van der Waals surface area contributed by atoms with Crippen molar-refractivity contribution in [1.29, 1.82) is 0 Å². The number of thiophene rings is 1. The van der Waals surface area contributed by atoms with Gasteiger partial charge in [0, 0.05) is 48.9 Å². The van der Waals surface area contributed by atoms with Crippen LogP contribution in [0.3, 0.4) is 0 Å². The summed E-state index contributed by atoms with van der Waals surface area (Å²) in [5.74, 6) is -9.49. The molecule has 4 rings (SSSR count). The van der Waals surface area contributed by atoms with E-state index in [4.69, 9.17) is 40.8 Å². The minimum Gasteiger partial charge on any atom is -0.490 e. The Kier molecular flexibility index (Phi) is 11.1. The lowest BCUT2D eigenvalue weighted by molar-refractivity contribution is -0.145. The van der Waals surface area contributed by atoms with Crippen molar-refractivity contribution in [2.75, 3.05) is 27.4 Å². The van der Waals surface area contributed by atoms with Gasteiger partial charge < -0.3 is 34.1 Å². The molecule has 2 atom stereocenters. The summed E-state index contributed by atoms with van der Waals surface area (Å²) in [5.41, 5.74) is -0.211. The van der Waals surface area contributed by atoms with Gasteiger partial charge in [0.05, 0.1) is 53.9 Å². The Bertz CT molecular complexity index is 1750. The zero-order chi connectivity index (χ0) is 34.7. The molecule has 1 aromatic heterocycles. The number of carbonyl (C=O) groups is 4.